The predicted octanol–water partition coefficient (Wildman–Crippen LogP) is 3.89. The summed E-state index contributed by atoms with van der Waals surface area (Å²) in [7, 11) is 0. The van der Waals surface area contributed by atoms with Crippen molar-refractivity contribution in [3.05, 3.63) is 64.5 Å². The van der Waals surface area contributed by atoms with Crippen LogP contribution in [0.15, 0.2) is 36.4 Å². The molecule has 0 radical (unpaired) electrons. The lowest BCUT2D eigenvalue weighted by molar-refractivity contribution is 0.0918. The Balaban J connectivity index is 1.92. The first-order chi connectivity index (χ1) is 11.0. The third-order valence-electron chi connectivity index (χ3n) is 4.75. The molecule has 2 aromatic carbocycles. The molecule has 2 N–H and O–H groups in total. The maximum absolute atomic E-state index is 14.0. The zero-order valence-electron chi connectivity index (χ0n) is 13.3. The summed E-state index contributed by atoms with van der Waals surface area (Å²) in [4.78, 5) is 12.6. The molecule has 4 heteroatoms. The molecule has 0 spiro atoms. The average molecular weight is 313 g/mol. The molecule has 0 saturated heterocycles. The van der Waals surface area contributed by atoms with Gasteiger partial charge < -0.3 is 10.4 Å². The van der Waals surface area contributed by atoms with Crippen LogP contribution >= 0.6 is 0 Å². The Kier molecular flexibility index (Phi) is 4.07. The summed E-state index contributed by atoms with van der Waals surface area (Å²) in [6.45, 7) is 3.77. The highest BCUT2D eigenvalue weighted by Gasteiger charge is 2.30. The van der Waals surface area contributed by atoms with Crippen molar-refractivity contribution in [3.63, 3.8) is 0 Å². The molecule has 1 aliphatic carbocycles. The normalized spacial score (nSPS) is 20.0. The molecule has 0 aromatic heterocycles. The van der Waals surface area contributed by atoms with Gasteiger partial charge in [-0.05, 0) is 55.0 Å². The van der Waals surface area contributed by atoms with Crippen molar-refractivity contribution in [3.8, 4) is 5.75 Å². The molecular weight excluding hydrogens is 293 g/mol. The van der Waals surface area contributed by atoms with E-state index in [9.17, 15) is 14.3 Å². The Morgan fingerprint density at radius 3 is 2.78 bits per heavy atom. The average Bonchev–Trinajstić information content (AvgIpc) is 2.53. The van der Waals surface area contributed by atoms with Gasteiger partial charge >= 0.3 is 0 Å². The van der Waals surface area contributed by atoms with Crippen molar-refractivity contribution in [2.75, 3.05) is 0 Å². The molecule has 2 atom stereocenters. The summed E-state index contributed by atoms with van der Waals surface area (Å²) < 4.78 is 14.0. The van der Waals surface area contributed by atoms with E-state index in [2.05, 4.69) is 12.2 Å². The number of hydrogen-bond donors (Lipinski definition) is 2. The van der Waals surface area contributed by atoms with Gasteiger partial charge in [0.1, 0.15) is 11.6 Å². The van der Waals surface area contributed by atoms with Crippen LogP contribution in [-0.2, 0) is 6.42 Å². The molecule has 1 aliphatic rings. The maximum atomic E-state index is 14.0. The first-order valence-electron chi connectivity index (χ1n) is 7.85. The van der Waals surface area contributed by atoms with Gasteiger partial charge in [0.25, 0.3) is 5.91 Å². The Morgan fingerprint density at radius 2 is 2.00 bits per heavy atom. The van der Waals surface area contributed by atoms with Crippen LogP contribution in [0, 0.1) is 18.7 Å². The van der Waals surface area contributed by atoms with E-state index in [4.69, 9.17) is 0 Å². The highest BCUT2D eigenvalue weighted by Crippen LogP contribution is 2.35. The number of phenolic OH excluding ortho intramolecular Hbond substituents is 1. The van der Waals surface area contributed by atoms with Crippen LogP contribution in [0.5, 0.6) is 5.75 Å². The van der Waals surface area contributed by atoms with E-state index in [0.29, 0.717) is 23.1 Å². The quantitative estimate of drug-likeness (QED) is 0.883. The third-order valence-corrected chi connectivity index (χ3v) is 4.75. The van der Waals surface area contributed by atoms with Gasteiger partial charge in [-0.2, -0.15) is 0 Å². The SMILES string of the molecule is Cc1c(O)cccc1C(=O)N[C@H]1c2cccc(F)c2CC[C@@H]1C. The highest BCUT2D eigenvalue weighted by molar-refractivity contribution is 5.96. The van der Waals surface area contributed by atoms with Gasteiger partial charge in [0.05, 0.1) is 6.04 Å². The third kappa shape index (κ3) is 2.81. The number of rotatable bonds is 2. The predicted molar refractivity (Wildman–Crippen MR) is 86.9 cm³/mol. The molecule has 3 rings (SSSR count). The lowest BCUT2D eigenvalue weighted by Gasteiger charge is -2.32. The number of nitrogens with one attached hydrogen (secondary N) is 1. The van der Waals surface area contributed by atoms with E-state index in [1.54, 1.807) is 31.2 Å². The molecule has 2 aromatic rings. The Bertz CT molecular complexity index is 757. The van der Waals surface area contributed by atoms with Crippen LogP contribution in [0.2, 0.25) is 0 Å². The van der Waals surface area contributed by atoms with Crippen molar-refractivity contribution in [1.82, 2.24) is 5.32 Å². The molecule has 0 heterocycles. The van der Waals surface area contributed by atoms with Gasteiger partial charge in [-0.3, -0.25) is 4.79 Å². The largest absolute Gasteiger partial charge is 0.508 e. The second-order valence-electron chi connectivity index (χ2n) is 6.22. The molecule has 0 aliphatic heterocycles. The molecule has 120 valence electrons. The van der Waals surface area contributed by atoms with Gasteiger partial charge in [-0.25, -0.2) is 4.39 Å². The zero-order chi connectivity index (χ0) is 16.6. The van der Waals surface area contributed by atoms with E-state index in [0.717, 1.165) is 12.0 Å². The Hall–Kier alpha value is -2.36. The molecule has 0 unspecified atom stereocenters. The number of aromatic hydroxyl groups is 1. The monoisotopic (exact) mass is 313 g/mol. The van der Waals surface area contributed by atoms with Crippen LogP contribution in [0.1, 0.15) is 46.4 Å². The molecule has 1 amide bonds. The van der Waals surface area contributed by atoms with Gasteiger partial charge in [-0.1, -0.05) is 25.1 Å². The fourth-order valence-electron chi connectivity index (χ4n) is 3.28. The fourth-order valence-corrected chi connectivity index (χ4v) is 3.28. The van der Waals surface area contributed by atoms with Crippen molar-refractivity contribution in [2.24, 2.45) is 5.92 Å². The first-order valence-corrected chi connectivity index (χ1v) is 7.85. The van der Waals surface area contributed by atoms with E-state index < -0.39 is 0 Å². The molecular formula is C19H20FNO2. The van der Waals surface area contributed by atoms with Crippen molar-refractivity contribution < 1.29 is 14.3 Å². The van der Waals surface area contributed by atoms with Crippen molar-refractivity contribution in [1.29, 1.82) is 0 Å². The van der Waals surface area contributed by atoms with Crippen LogP contribution in [0.4, 0.5) is 4.39 Å². The summed E-state index contributed by atoms with van der Waals surface area (Å²) in [6, 6.07) is 9.70. The number of carbonyl (C=O) groups is 1. The number of amides is 1. The topological polar surface area (TPSA) is 49.3 Å². The molecule has 23 heavy (non-hydrogen) atoms. The minimum Gasteiger partial charge on any atom is -0.508 e. The van der Waals surface area contributed by atoms with E-state index in [1.807, 2.05) is 6.07 Å². The van der Waals surface area contributed by atoms with Crippen LogP contribution < -0.4 is 5.32 Å². The smallest absolute Gasteiger partial charge is 0.252 e. The lowest BCUT2D eigenvalue weighted by atomic mass is 9.80. The number of hydrogen-bond acceptors (Lipinski definition) is 2. The molecule has 0 fully saturated rings. The number of carbonyl (C=O) groups excluding carboxylic acids is 1. The van der Waals surface area contributed by atoms with Crippen LogP contribution in [0.25, 0.3) is 0 Å². The summed E-state index contributed by atoms with van der Waals surface area (Å²) in [5.41, 5.74) is 2.55. The fraction of sp³-hybridized carbons (Fsp3) is 0.316. The van der Waals surface area contributed by atoms with Crippen LogP contribution in [-0.4, -0.2) is 11.0 Å². The standard InChI is InChI=1S/C19H20FNO2/c1-11-9-10-14-15(6-3-7-16(14)20)18(11)21-19(23)13-5-4-8-17(22)12(13)2/h3-8,11,18,22H,9-10H2,1-2H3,(H,21,23)/t11-,18+/m0/s1. The lowest BCUT2D eigenvalue weighted by Crippen LogP contribution is -2.36. The second-order valence-corrected chi connectivity index (χ2v) is 6.22. The van der Waals surface area contributed by atoms with Gasteiger partial charge in [-0.15, -0.1) is 0 Å². The minimum absolute atomic E-state index is 0.0980. The van der Waals surface area contributed by atoms with E-state index >= 15 is 0 Å². The summed E-state index contributed by atoms with van der Waals surface area (Å²) in [5, 5.41) is 12.8. The van der Waals surface area contributed by atoms with Crippen LogP contribution in [0.3, 0.4) is 0 Å². The number of halogens is 1. The molecule has 0 saturated carbocycles. The molecule has 0 bridgehead atoms. The van der Waals surface area contributed by atoms with Gasteiger partial charge in [0.15, 0.2) is 0 Å². The van der Waals surface area contributed by atoms with Gasteiger partial charge in [0.2, 0.25) is 0 Å². The van der Waals surface area contributed by atoms with Gasteiger partial charge in [0, 0.05) is 11.1 Å². The summed E-state index contributed by atoms with van der Waals surface area (Å²) >= 11 is 0. The maximum Gasteiger partial charge on any atom is 0.252 e. The van der Waals surface area contributed by atoms with Crippen molar-refractivity contribution >= 4 is 5.91 Å². The van der Waals surface area contributed by atoms with E-state index in [-0.39, 0.29) is 29.4 Å². The van der Waals surface area contributed by atoms with E-state index in [1.165, 1.54) is 6.07 Å². The second kappa shape index (κ2) is 6.03. The number of phenols is 1. The van der Waals surface area contributed by atoms with Crippen molar-refractivity contribution in [2.45, 2.75) is 32.7 Å². The first kappa shape index (κ1) is 15.5. The Labute approximate surface area is 135 Å². The highest BCUT2D eigenvalue weighted by atomic mass is 19.1. The number of fused-ring (bicyclic) bond motifs is 1. The minimum atomic E-state index is -0.243. The zero-order valence-corrected chi connectivity index (χ0v) is 13.3. The number of benzene rings is 2. The Morgan fingerprint density at radius 1 is 1.26 bits per heavy atom. The summed E-state index contributed by atoms with van der Waals surface area (Å²) in [6.07, 6.45) is 1.53. The summed E-state index contributed by atoms with van der Waals surface area (Å²) in [5.74, 6) is -0.124. The molecule has 3 nitrogen and oxygen atoms in total.